The molecule has 1 amide bonds. The average molecular weight is 302 g/mol. The van der Waals surface area contributed by atoms with Gasteiger partial charge in [0.05, 0.1) is 13.2 Å². The molecule has 19 heavy (non-hydrogen) atoms. The van der Waals surface area contributed by atoms with E-state index in [0.29, 0.717) is 22.5 Å². The standard InChI is InChI=1S/C12H13Cl2N3O2/c1-19-12(18)17-11-15-5-4-10(16-11)8-3-2-7(13)6-9(8)14/h2-3,6,10H,4-5H2,1H3,(H2,15,16,17,18). The smallest absolute Gasteiger partial charge is 0.413 e. The fraction of sp³-hybridized carbons (Fsp3) is 0.333. The summed E-state index contributed by atoms with van der Waals surface area (Å²) in [7, 11) is 1.30. The number of nitrogens with one attached hydrogen (secondary N) is 2. The van der Waals surface area contributed by atoms with E-state index in [1.54, 1.807) is 12.1 Å². The summed E-state index contributed by atoms with van der Waals surface area (Å²) in [6, 6.07) is 5.32. The Morgan fingerprint density at radius 1 is 1.53 bits per heavy atom. The summed E-state index contributed by atoms with van der Waals surface area (Å²) >= 11 is 12.0. The van der Waals surface area contributed by atoms with Crippen LogP contribution in [0.2, 0.25) is 10.0 Å². The van der Waals surface area contributed by atoms with Gasteiger partial charge in [0.2, 0.25) is 5.96 Å². The van der Waals surface area contributed by atoms with Crippen LogP contribution in [-0.2, 0) is 4.74 Å². The van der Waals surface area contributed by atoms with Crippen molar-refractivity contribution in [3.05, 3.63) is 33.8 Å². The first-order valence-electron chi connectivity index (χ1n) is 5.71. The van der Waals surface area contributed by atoms with Crippen molar-refractivity contribution in [2.75, 3.05) is 13.7 Å². The Balaban J connectivity index is 2.11. The molecule has 0 saturated heterocycles. The molecule has 0 bridgehead atoms. The molecule has 1 heterocycles. The van der Waals surface area contributed by atoms with Crippen LogP contribution in [0.25, 0.3) is 0 Å². The molecular weight excluding hydrogens is 289 g/mol. The van der Waals surface area contributed by atoms with Gasteiger partial charge in [0.1, 0.15) is 0 Å². The number of hydrogen-bond acceptors (Lipinski definition) is 4. The van der Waals surface area contributed by atoms with Crippen LogP contribution in [0, 0.1) is 0 Å². The highest BCUT2D eigenvalue weighted by Crippen LogP contribution is 2.29. The van der Waals surface area contributed by atoms with Crippen LogP contribution in [0.1, 0.15) is 18.0 Å². The minimum Gasteiger partial charge on any atom is -0.453 e. The fourth-order valence-corrected chi connectivity index (χ4v) is 2.37. The van der Waals surface area contributed by atoms with Gasteiger partial charge in [-0.05, 0) is 24.1 Å². The van der Waals surface area contributed by atoms with Crippen LogP contribution in [0.4, 0.5) is 4.79 Å². The number of ether oxygens (including phenoxy) is 1. The van der Waals surface area contributed by atoms with Gasteiger partial charge >= 0.3 is 6.09 Å². The van der Waals surface area contributed by atoms with Crippen LogP contribution in [-0.4, -0.2) is 25.7 Å². The lowest BCUT2D eigenvalue weighted by Gasteiger charge is -2.25. The summed E-state index contributed by atoms with van der Waals surface area (Å²) < 4.78 is 4.52. The molecule has 7 heteroatoms. The molecule has 0 radical (unpaired) electrons. The van der Waals surface area contributed by atoms with Gasteiger partial charge in [-0.2, -0.15) is 0 Å². The largest absolute Gasteiger partial charge is 0.453 e. The fourth-order valence-electron chi connectivity index (χ4n) is 1.83. The highest BCUT2D eigenvalue weighted by Gasteiger charge is 2.20. The van der Waals surface area contributed by atoms with E-state index in [1.165, 1.54) is 7.11 Å². The number of alkyl carbamates (subject to hydrolysis) is 1. The number of benzene rings is 1. The molecule has 1 atom stereocenters. The zero-order valence-corrected chi connectivity index (χ0v) is 11.8. The van der Waals surface area contributed by atoms with Crippen LogP contribution < -0.4 is 10.6 Å². The van der Waals surface area contributed by atoms with E-state index in [1.807, 2.05) is 6.07 Å². The number of carbonyl (C=O) groups excluding carboxylic acids is 1. The Morgan fingerprint density at radius 2 is 2.32 bits per heavy atom. The minimum atomic E-state index is -0.561. The first kappa shape index (κ1) is 14.0. The third-order valence-corrected chi connectivity index (χ3v) is 3.30. The molecule has 1 aliphatic rings. The molecule has 102 valence electrons. The van der Waals surface area contributed by atoms with Crippen molar-refractivity contribution in [2.24, 2.45) is 4.99 Å². The van der Waals surface area contributed by atoms with Gasteiger partial charge in [0.15, 0.2) is 0 Å². The molecule has 1 aromatic rings. The lowest BCUT2D eigenvalue weighted by molar-refractivity contribution is 0.176. The zero-order valence-electron chi connectivity index (χ0n) is 10.2. The first-order valence-corrected chi connectivity index (χ1v) is 6.46. The quantitative estimate of drug-likeness (QED) is 0.838. The van der Waals surface area contributed by atoms with E-state index >= 15 is 0 Å². The number of aliphatic imine (C=N–C) groups is 1. The molecule has 0 aliphatic carbocycles. The maximum absolute atomic E-state index is 11.1. The van der Waals surface area contributed by atoms with Crippen molar-refractivity contribution >= 4 is 35.3 Å². The molecule has 0 fully saturated rings. The molecule has 1 unspecified atom stereocenters. The van der Waals surface area contributed by atoms with E-state index in [-0.39, 0.29) is 6.04 Å². The van der Waals surface area contributed by atoms with Gasteiger partial charge in [-0.3, -0.25) is 10.3 Å². The summed E-state index contributed by atoms with van der Waals surface area (Å²) in [5.74, 6) is 0.383. The van der Waals surface area contributed by atoms with Crippen LogP contribution >= 0.6 is 23.2 Å². The zero-order chi connectivity index (χ0) is 13.8. The molecule has 0 aromatic heterocycles. The lowest BCUT2D eigenvalue weighted by Crippen LogP contribution is -2.45. The summed E-state index contributed by atoms with van der Waals surface area (Å²) in [5.41, 5.74) is 0.921. The molecular formula is C12H13Cl2N3O2. The van der Waals surface area contributed by atoms with Gasteiger partial charge < -0.3 is 10.1 Å². The molecule has 0 saturated carbocycles. The Hall–Kier alpha value is -1.46. The third-order valence-electron chi connectivity index (χ3n) is 2.74. The SMILES string of the molecule is COC(=O)NC1=NCCC(c2ccc(Cl)cc2Cl)N1. The number of guanidine groups is 1. The number of nitrogens with zero attached hydrogens (tertiary/aromatic N) is 1. The number of halogens is 2. The maximum Gasteiger partial charge on any atom is 0.413 e. The van der Waals surface area contributed by atoms with Gasteiger partial charge in [0.25, 0.3) is 0 Å². The highest BCUT2D eigenvalue weighted by atomic mass is 35.5. The molecule has 1 aromatic carbocycles. The van der Waals surface area contributed by atoms with E-state index in [0.717, 1.165) is 12.0 Å². The molecule has 5 nitrogen and oxygen atoms in total. The second-order valence-corrected chi connectivity index (χ2v) is 4.84. The summed E-state index contributed by atoms with van der Waals surface area (Å²) in [6.07, 6.45) is 0.224. The van der Waals surface area contributed by atoms with Crippen molar-refractivity contribution in [2.45, 2.75) is 12.5 Å². The summed E-state index contributed by atoms with van der Waals surface area (Å²) in [5, 5.41) is 6.79. The van der Waals surface area contributed by atoms with Gasteiger partial charge in [-0.25, -0.2) is 4.79 Å². The Kier molecular flexibility index (Phi) is 4.50. The van der Waals surface area contributed by atoms with E-state index in [4.69, 9.17) is 23.2 Å². The minimum absolute atomic E-state index is 0.0191. The van der Waals surface area contributed by atoms with Crippen LogP contribution in [0.5, 0.6) is 0 Å². The summed E-state index contributed by atoms with van der Waals surface area (Å²) in [6.45, 7) is 0.593. The van der Waals surface area contributed by atoms with Gasteiger partial charge in [-0.1, -0.05) is 29.3 Å². The Morgan fingerprint density at radius 3 is 3.00 bits per heavy atom. The average Bonchev–Trinajstić information content (AvgIpc) is 2.39. The van der Waals surface area contributed by atoms with Crippen LogP contribution in [0.3, 0.4) is 0 Å². The van der Waals surface area contributed by atoms with Crippen molar-refractivity contribution < 1.29 is 9.53 Å². The Bertz CT molecular complexity index is 520. The number of carbonyl (C=O) groups is 1. The number of methoxy groups -OCH3 is 1. The second-order valence-electron chi connectivity index (χ2n) is 4.00. The van der Waals surface area contributed by atoms with Crippen LogP contribution in [0.15, 0.2) is 23.2 Å². The predicted octanol–water partition coefficient (Wildman–Crippen LogP) is 2.74. The predicted molar refractivity (Wildman–Crippen MR) is 74.8 cm³/mol. The Labute approximate surface area is 120 Å². The van der Waals surface area contributed by atoms with E-state index in [2.05, 4.69) is 20.4 Å². The van der Waals surface area contributed by atoms with Gasteiger partial charge in [-0.15, -0.1) is 0 Å². The highest BCUT2D eigenvalue weighted by molar-refractivity contribution is 6.35. The molecule has 0 spiro atoms. The lowest BCUT2D eigenvalue weighted by atomic mass is 10.0. The molecule has 1 aliphatic heterocycles. The van der Waals surface area contributed by atoms with E-state index in [9.17, 15) is 4.79 Å². The number of hydrogen-bond donors (Lipinski definition) is 2. The van der Waals surface area contributed by atoms with Crippen molar-refractivity contribution in [3.63, 3.8) is 0 Å². The number of amides is 1. The monoisotopic (exact) mass is 301 g/mol. The second kappa shape index (κ2) is 6.12. The third kappa shape index (κ3) is 3.52. The van der Waals surface area contributed by atoms with Crippen molar-refractivity contribution in [1.82, 2.24) is 10.6 Å². The summed E-state index contributed by atoms with van der Waals surface area (Å²) in [4.78, 5) is 15.3. The topological polar surface area (TPSA) is 62.7 Å². The first-order chi connectivity index (χ1) is 9.10. The molecule has 2 N–H and O–H groups in total. The van der Waals surface area contributed by atoms with E-state index < -0.39 is 6.09 Å². The van der Waals surface area contributed by atoms with Crippen molar-refractivity contribution in [1.29, 1.82) is 0 Å². The van der Waals surface area contributed by atoms with Crippen molar-refractivity contribution in [3.8, 4) is 0 Å². The normalized spacial score (nSPS) is 18.3. The maximum atomic E-state index is 11.1. The number of rotatable bonds is 1. The molecule has 2 rings (SSSR count). The van der Waals surface area contributed by atoms with Gasteiger partial charge in [0, 0.05) is 16.6 Å².